The third-order valence-electron chi connectivity index (χ3n) is 3.27. The van der Waals surface area contributed by atoms with Crippen molar-refractivity contribution < 1.29 is 5.11 Å². The van der Waals surface area contributed by atoms with E-state index in [9.17, 15) is 5.11 Å². The maximum atomic E-state index is 10.2. The molecular weight excluding hydrogens is 252 g/mol. The largest absolute Gasteiger partial charge is 0.392 e. The fourth-order valence-electron chi connectivity index (χ4n) is 2.17. The molecule has 1 N–H and O–H groups in total. The summed E-state index contributed by atoms with van der Waals surface area (Å²) < 4.78 is 0. The Kier molecular flexibility index (Phi) is 5.06. The summed E-state index contributed by atoms with van der Waals surface area (Å²) >= 11 is 1.71. The fraction of sp³-hybridized carbons (Fsp3) is 0.294. The van der Waals surface area contributed by atoms with Gasteiger partial charge in [0.25, 0.3) is 0 Å². The highest BCUT2D eigenvalue weighted by atomic mass is 32.2. The lowest BCUT2D eigenvalue weighted by Gasteiger charge is -2.14. The number of hydrogen-bond acceptors (Lipinski definition) is 2. The molecule has 0 amide bonds. The van der Waals surface area contributed by atoms with E-state index in [1.165, 1.54) is 21.6 Å². The zero-order valence-electron chi connectivity index (χ0n) is 11.5. The Labute approximate surface area is 119 Å². The van der Waals surface area contributed by atoms with Gasteiger partial charge in [0.1, 0.15) is 0 Å². The van der Waals surface area contributed by atoms with Gasteiger partial charge in [-0.3, -0.25) is 0 Å². The van der Waals surface area contributed by atoms with Crippen molar-refractivity contribution in [1.82, 2.24) is 0 Å². The van der Waals surface area contributed by atoms with Crippen LogP contribution in [0.3, 0.4) is 0 Å². The van der Waals surface area contributed by atoms with E-state index in [0.717, 1.165) is 12.2 Å². The molecule has 0 fully saturated rings. The fourth-order valence-corrected chi connectivity index (χ4v) is 3.03. The molecule has 0 aliphatic carbocycles. The van der Waals surface area contributed by atoms with Crippen LogP contribution in [0.15, 0.2) is 53.4 Å². The van der Waals surface area contributed by atoms with Crippen LogP contribution >= 0.6 is 11.8 Å². The van der Waals surface area contributed by atoms with Gasteiger partial charge in [-0.2, -0.15) is 0 Å². The first kappa shape index (κ1) is 14.2. The van der Waals surface area contributed by atoms with Gasteiger partial charge in [-0.15, -0.1) is 11.8 Å². The summed E-state index contributed by atoms with van der Waals surface area (Å²) in [6.45, 7) is 4.22. The minimum absolute atomic E-state index is 0.301. The van der Waals surface area contributed by atoms with E-state index in [-0.39, 0.29) is 6.10 Å². The van der Waals surface area contributed by atoms with Crippen LogP contribution in [0.1, 0.15) is 16.7 Å². The summed E-state index contributed by atoms with van der Waals surface area (Å²) in [6.07, 6.45) is 0.434. The molecule has 1 nitrogen and oxygen atoms in total. The van der Waals surface area contributed by atoms with Crippen LogP contribution in [0, 0.1) is 13.8 Å². The highest BCUT2D eigenvalue weighted by Gasteiger charge is 2.10. The van der Waals surface area contributed by atoms with Gasteiger partial charge in [0.2, 0.25) is 0 Å². The maximum Gasteiger partial charge on any atom is 0.0674 e. The second-order valence-corrected chi connectivity index (χ2v) is 5.95. The second-order valence-electron chi connectivity index (χ2n) is 4.85. The topological polar surface area (TPSA) is 20.2 Å². The molecule has 0 aliphatic heterocycles. The molecule has 0 aromatic heterocycles. The third kappa shape index (κ3) is 4.12. The highest BCUT2D eigenvalue weighted by Crippen LogP contribution is 2.21. The molecule has 100 valence electrons. The van der Waals surface area contributed by atoms with Gasteiger partial charge in [0.05, 0.1) is 6.10 Å². The molecule has 0 saturated heterocycles. The lowest BCUT2D eigenvalue weighted by atomic mass is 9.98. The second kappa shape index (κ2) is 6.78. The Morgan fingerprint density at radius 2 is 1.58 bits per heavy atom. The van der Waals surface area contributed by atoms with E-state index in [4.69, 9.17) is 0 Å². The average Bonchev–Trinajstić information content (AvgIpc) is 2.42. The van der Waals surface area contributed by atoms with Crippen LogP contribution < -0.4 is 0 Å². The molecule has 0 radical (unpaired) electrons. The number of aryl methyl sites for hydroxylation is 2. The molecule has 0 bridgehead atoms. The Morgan fingerprint density at radius 1 is 0.947 bits per heavy atom. The summed E-state index contributed by atoms with van der Waals surface area (Å²) in [7, 11) is 0. The summed E-state index contributed by atoms with van der Waals surface area (Å²) in [5.41, 5.74) is 3.82. The maximum absolute atomic E-state index is 10.2. The van der Waals surface area contributed by atoms with Crippen molar-refractivity contribution in [1.29, 1.82) is 0 Å². The molecular formula is C17H20OS. The first-order valence-corrected chi connectivity index (χ1v) is 7.56. The average molecular weight is 272 g/mol. The lowest BCUT2D eigenvalue weighted by Crippen LogP contribution is -2.15. The van der Waals surface area contributed by atoms with E-state index in [1.807, 2.05) is 18.2 Å². The van der Waals surface area contributed by atoms with Gasteiger partial charge in [-0.25, -0.2) is 0 Å². The van der Waals surface area contributed by atoms with Gasteiger partial charge in [0.15, 0.2) is 0 Å². The molecule has 2 rings (SSSR count). The quantitative estimate of drug-likeness (QED) is 0.830. The summed E-state index contributed by atoms with van der Waals surface area (Å²) in [5, 5.41) is 10.2. The van der Waals surface area contributed by atoms with E-state index in [2.05, 4.69) is 44.2 Å². The molecule has 2 heteroatoms. The Hall–Kier alpha value is -1.25. The van der Waals surface area contributed by atoms with Gasteiger partial charge < -0.3 is 5.11 Å². The number of aliphatic hydroxyl groups excluding tert-OH is 1. The minimum Gasteiger partial charge on any atom is -0.392 e. The number of aliphatic hydroxyl groups is 1. The number of hydrogen-bond donors (Lipinski definition) is 1. The predicted molar refractivity (Wildman–Crippen MR) is 82.8 cm³/mol. The van der Waals surface area contributed by atoms with Gasteiger partial charge in [0, 0.05) is 10.6 Å². The third-order valence-corrected chi connectivity index (χ3v) is 4.43. The molecule has 2 aromatic carbocycles. The molecule has 1 unspecified atom stereocenters. The zero-order chi connectivity index (χ0) is 13.7. The van der Waals surface area contributed by atoms with Gasteiger partial charge in [-0.05, 0) is 49.1 Å². The SMILES string of the molecule is Cc1cccc(C)c1CC(O)CSc1ccccc1. The molecule has 0 spiro atoms. The number of thioether (sulfide) groups is 1. The molecule has 0 heterocycles. The minimum atomic E-state index is -0.301. The molecule has 0 aliphatic rings. The summed E-state index contributed by atoms with van der Waals surface area (Å²) in [6, 6.07) is 16.5. The Balaban J connectivity index is 1.93. The van der Waals surface area contributed by atoms with E-state index >= 15 is 0 Å². The van der Waals surface area contributed by atoms with E-state index in [1.54, 1.807) is 11.8 Å². The van der Waals surface area contributed by atoms with Gasteiger partial charge >= 0.3 is 0 Å². The number of benzene rings is 2. The lowest BCUT2D eigenvalue weighted by molar-refractivity contribution is 0.199. The van der Waals surface area contributed by atoms with Crippen LogP contribution in [0.5, 0.6) is 0 Å². The first-order valence-electron chi connectivity index (χ1n) is 6.58. The molecule has 1 atom stereocenters. The van der Waals surface area contributed by atoms with Crippen molar-refractivity contribution in [2.24, 2.45) is 0 Å². The van der Waals surface area contributed by atoms with Crippen molar-refractivity contribution >= 4 is 11.8 Å². The Bertz CT molecular complexity index is 502. The monoisotopic (exact) mass is 272 g/mol. The van der Waals surface area contributed by atoms with Crippen LogP contribution in [0.2, 0.25) is 0 Å². The van der Waals surface area contributed by atoms with Crippen LogP contribution in [-0.2, 0) is 6.42 Å². The molecule has 19 heavy (non-hydrogen) atoms. The smallest absolute Gasteiger partial charge is 0.0674 e. The first-order chi connectivity index (χ1) is 9.16. The number of rotatable bonds is 5. The Morgan fingerprint density at radius 3 is 2.21 bits per heavy atom. The van der Waals surface area contributed by atoms with Crippen molar-refractivity contribution in [3.8, 4) is 0 Å². The molecule has 2 aromatic rings. The predicted octanol–water partition coefficient (Wildman–Crippen LogP) is 4.00. The van der Waals surface area contributed by atoms with Gasteiger partial charge in [-0.1, -0.05) is 36.4 Å². The van der Waals surface area contributed by atoms with Crippen LogP contribution in [-0.4, -0.2) is 17.0 Å². The zero-order valence-corrected chi connectivity index (χ0v) is 12.3. The summed E-state index contributed by atoms with van der Waals surface area (Å²) in [5.74, 6) is 0.734. The van der Waals surface area contributed by atoms with Crippen LogP contribution in [0.25, 0.3) is 0 Å². The highest BCUT2D eigenvalue weighted by molar-refractivity contribution is 7.99. The normalized spacial score (nSPS) is 12.4. The van der Waals surface area contributed by atoms with Crippen molar-refractivity contribution in [2.75, 3.05) is 5.75 Å². The van der Waals surface area contributed by atoms with Crippen molar-refractivity contribution in [3.63, 3.8) is 0 Å². The van der Waals surface area contributed by atoms with Crippen molar-refractivity contribution in [2.45, 2.75) is 31.3 Å². The molecule has 0 saturated carbocycles. The summed E-state index contributed by atoms with van der Waals surface area (Å²) in [4.78, 5) is 1.21. The van der Waals surface area contributed by atoms with Crippen molar-refractivity contribution in [3.05, 3.63) is 65.2 Å². The van der Waals surface area contributed by atoms with E-state index in [0.29, 0.717) is 0 Å². The van der Waals surface area contributed by atoms with E-state index < -0.39 is 0 Å². The van der Waals surface area contributed by atoms with Crippen LogP contribution in [0.4, 0.5) is 0 Å². The standard InChI is InChI=1S/C17H20OS/c1-13-7-6-8-14(2)17(13)11-15(18)12-19-16-9-4-3-5-10-16/h3-10,15,18H,11-12H2,1-2H3.